The second kappa shape index (κ2) is 4.80. The fraction of sp³-hybridized carbons (Fsp3) is 0.700. The van der Waals surface area contributed by atoms with Crippen LogP contribution in [0.1, 0.15) is 32.9 Å². The van der Waals surface area contributed by atoms with Crippen LogP contribution in [0.2, 0.25) is 0 Å². The molecule has 0 fully saturated rings. The minimum atomic E-state index is 0.684. The van der Waals surface area contributed by atoms with Gasteiger partial charge >= 0.3 is 0 Å². The zero-order valence-electron chi connectivity index (χ0n) is 8.55. The Morgan fingerprint density at radius 1 is 1.54 bits per heavy atom. The molecule has 0 radical (unpaired) electrons. The van der Waals surface area contributed by atoms with E-state index >= 15 is 0 Å². The maximum absolute atomic E-state index is 4.33. The average Bonchev–Trinajstić information content (AvgIpc) is 2.36. The summed E-state index contributed by atoms with van der Waals surface area (Å²) in [7, 11) is 0. The molecule has 0 bridgehead atoms. The molecule has 0 atom stereocenters. The van der Waals surface area contributed by atoms with Crippen molar-refractivity contribution in [1.82, 2.24) is 9.78 Å². The molecule has 0 spiro atoms. The standard InChI is InChI=1S/C10H17BrN2/c1-4-5-13-10(6-8(2)3)9(11)7-12-13/h7-8H,4-6H2,1-3H3. The first-order valence-electron chi connectivity index (χ1n) is 4.85. The second-order valence-electron chi connectivity index (χ2n) is 3.76. The summed E-state index contributed by atoms with van der Waals surface area (Å²) in [5.74, 6) is 0.684. The molecule has 0 unspecified atom stereocenters. The third kappa shape index (κ3) is 2.83. The van der Waals surface area contributed by atoms with Crippen LogP contribution in [0, 0.1) is 5.92 Å². The maximum atomic E-state index is 4.33. The molecule has 0 N–H and O–H groups in total. The zero-order chi connectivity index (χ0) is 9.84. The van der Waals surface area contributed by atoms with Crippen LogP contribution in [0.4, 0.5) is 0 Å². The molecule has 74 valence electrons. The van der Waals surface area contributed by atoms with Crippen molar-refractivity contribution < 1.29 is 0 Å². The van der Waals surface area contributed by atoms with Crippen molar-refractivity contribution in [3.8, 4) is 0 Å². The number of rotatable bonds is 4. The van der Waals surface area contributed by atoms with Crippen LogP contribution in [-0.4, -0.2) is 9.78 Å². The summed E-state index contributed by atoms with van der Waals surface area (Å²) in [5, 5.41) is 4.33. The Hall–Kier alpha value is -0.310. The predicted molar refractivity (Wildman–Crippen MR) is 58.8 cm³/mol. The molecule has 3 heteroatoms. The summed E-state index contributed by atoms with van der Waals surface area (Å²) in [5.41, 5.74) is 1.33. The highest BCUT2D eigenvalue weighted by molar-refractivity contribution is 9.10. The normalized spacial score (nSPS) is 11.2. The van der Waals surface area contributed by atoms with E-state index in [0.717, 1.165) is 23.9 Å². The largest absolute Gasteiger partial charge is 0.268 e. The van der Waals surface area contributed by atoms with Crippen LogP contribution in [0.3, 0.4) is 0 Å². The number of halogens is 1. The first-order valence-corrected chi connectivity index (χ1v) is 5.64. The van der Waals surface area contributed by atoms with Crippen LogP contribution in [-0.2, 0) is 13.0 Å². The lowest BCUT2D eigenvalue weighted by Crippen LogP contribution is -2.07. The Morgan fingerprint density at radius 2 is 2.23 bits per heavy atom. The third-order valence-corrected chi connectivity index (χ3v) is 2.60. The fourth-order valence-corrected chi connectivity index (χ4v) is 1.84. The molecule has 0 amide bonds. The van der Waals surface area contributed by atoms with Crippen molar-refractivity contribution in [3.05, 3.63) is 16.4 Å². The lowest BCUT2D eigenvalue weighted by molar-refractivity contribution is 0.536. The van der Waals surface area contributed by atoms with E-state index in [4.69, 9.17) is 0 Å². The highest BCUT2D eigenvalue weighted by Gasteiger charge is 2.09. The first-order chi connectivity index (χ1) is 6.15. The van der Waals surface area contributed by atoms with Crippen molar-refractivity contribution in [3.63, 3.8) is 0 Å². The van der Waals surface area contributed by atoms with Gasteiger partial charge in [0.05, 0.1) is 16.4 Å². The van der Waals surface area contributed by atoms with Crippen molar-refractivity contribution in [1.29, 1.82) is 0 Å². The molecule has 13 heavy (non-hydrogen) atoms. The van der Waals surface area contributed by atoms with E-state index in [1.165, 1.54) is 5.69 Å². The minimum absolute atomic E-state index is 0.684. The summed E-state index contributed by atoms with van der Waals surface area (Å²) >= 11 is 3.53. The van der Waals surface area contributed by atoms with Crippen LogP contribution in [0.25, 0.3) is 0 Å². The molecule has 1 aromatic heterocycles. The summed E-state index contributed by atoms with van der Waals surface area (Å²) in [6.07, 6.45) is 4.13. The predicted octanol–water partition coefficient (Wildman–Crippen LogP) is 3.25. The van der Waals surface area contributed by atoms with Crippen LogP contribution in [0.5, 0.6) is 0 Å². The Bertz CT molecular complexity index is 266. The molecule has 0 aromatic carbocycles. The monoisotopic (exact) mass is 244 g/mol. The summed E-state index contributed by atoms with van der Waals surface area (Å²) in [6.45, 7) is 7.66. The highest BCUT2D eigenvalue weighted by Crippen LogP contribution is 2.19. The van der Waals surface area contributed by atoms with Crippen molar-refractivity contribution in [2.45, 2.75) is 40.2 Å². The average molecular weight is 245 g/mol. The topological polar surface area (TPSA) is 17.8 Å². The smallest absolute Gasteiger partial charge is 0.0635 e. The van der Waals surface area contributed by atoms with E-state index in [0.29, 0.717) is 5.92 Å². The van der Waals surface area contributed by atoms with Gasteiger partial charge in [0.25, 0.3) is 0 Å². The fourth-order valence-electron chi connectivity index (χ4n) is 1.38. The number of hydrogen-bond acceptors (Lipinski definition) is 1. The number of hydrogen-bond donors (Lipinski definition) is 0. The maximum Gasteiger partial charge on any atom is 0.0635 e. The van der Waals surface area contributed by atoms with Gasteiger partial charge in [0.15, 0.2) is 0 Å². The Labute approximate surface area is 88.5 Å². The van der Waals surface area contributed by atoms with Crippen LogP contribution in [0.15, 0.2) is 10.7 Å². The third-order valence-electron chi connectivity index (χ3n) is 1.93. The molecular formula is C10H17BrN2. The van der Waals surface area contributed by atoms with E-state index in [9.17, 15) is 0 Å². The van der Waals surface area contributed by atoms with Gasteiger partial charge in [0.1, 0.15) is 0 Å². The second-order valence-corrected chi connectivity index (χ2v) is 4.61. The molecule has 2 nitrogen and oxygen atoms in total. The van der Waals surface area contributed by atoms with E-state index in [1.54, 1.807) is 0 Å². The number of nitrogens with zero attached hydrogens (tertiary/aromatic N) is 2. The van der Waals surface area contributed by atoms with Gasteiger partial charge in [0.2, 0.25) is 0 Å². The lowest BCUT2D eigenvalue weighted by atomic mass is 10.1. The summed E-state index contributed by atoms with van der Waals surface area (Å²) in [6, 6.07) is 0. The molecule has 0 saturated heterocycles. The van der Waals surface area contributed by atoms with E-state index in [2.05, 4.69) is 46.5 Å². The molecule has 1 heterocycles. The Kier molecular flexibility index (Phi) is 3.97. The number of aryl methyl sites for hydroxylation is 1. The van der Waals surface area contributed by atoms with Gasteiger partial charge in [-0.1, -0.05) is 20.8 Å². The van der Waals surface area contributed by atoms with Gasteiger partial charge in [-0.25, -0.2) is 0 Å². The van der Waals surface area contributed by atoms with Gasteiger partial charge in [-0.2, -0.15) is 5.10 Å². The van der Waals surface area contributed by atoms with Gasteiger partial charge in [-0.15, -0.1) is 0 Å². The number of aromatic nitrogens is 2. The SMILES string of the molecule is CCCn1ncc(Br)c1CC(C)C. The summed E-state index contributed by atoms with van der Waals surface area (Å²) < 4.78 is 3.25. The lowest BCUT2D eigenvalue weighted by Gasteiger charge is -2.08. The summed E-state index contributed by atoms with van der Waals surface area (Å²) in [4.78, 5) is 0. The van der Waals surface area contributed by atoms with Crippen LogP contribution < -0.4 is 0 Å². The van der Waals surface area contributed by atoms with Gasteiger partial charge < -0.3 is 0 Å². The zero-order valence-corrected chi connectivity index (χ0v) is 10.1. The van der Waals surface area contributed by atoms with Gasteiger partial charge in [-0.05, 0) is 34.7 Å². The minimum Gasteiger partial charge on any atom is -0.268 e. The van der Waals surface area contributed by atoms with E-state index in [-0.39, 0.29) is 0 Å². The van der Waals surface area contributed by atoms with E-state index in [1.807, 2.05) is 6.20 Å². The highest BCUT2D eigenvalue weighted by atomic mass is 79.9. The van der Waals surface area contributed by atoms with Crippen molar-refractivity contribution >= 4 is 15.9 Å². The van der Waals surface area contributed by atoms with Crippen LogP contribution >= 0.6 is 15.9 Å². The quantitative estimate of drug-likeness (QED) is 0.796. The van der Waals surface area contributed by atoms with Gasteiger partial charge in [-0.3, -0.25) is 4.68 Å². The first kappa shape index (κ1) is 10.8. The molecule has 0 aliphatic heterocycles. The van der Waals surface area contributed by atoms with E-state index < -0.39 is 0 Å². The molecular weight excluding hydrogens is 228 g/mol. The molecule has 0 aliphatic carbocycles. The molecule has 1 rings (SSSR count). The van der Waals surface area contributed by atoms with Crippen molar-refractivity contribution in [2.75, 3.05) is 0 Å². The molecule has 0 saturated carbocycles. The molecule has 1 aromatic rings. The Balaban J connectivity index is 2.81. The van der Waals surface area contributed by atoms with Gasteiger partial charge in [0, 0.05) is 6.54 Å². The Morgan fingerprint density at radius 3 is 2.77 bits per heavy atom. The van der Waals surface area contributed by atoms with Crippen molar-refractivity contribution in [2.24, 2.45) is 5.92 Å². The molecule has 0 aliphatic rings.